The van der Waals surface area contributed by atoms with Crippen molar-refractivity contribution in [2.24, 2.45) is 10.3 Å². The van der Waals surface area contributed by atoms with Crippen LogP contribution in [0.5, 0.6) is 0 Å². The molecule has 0 aliphatic carbocycles. The van der Waals surface area contributed by atoms with E-state index < -0.39 is 5.97 Å². The van der Waals surface area contributed by atoms with Gasteiger partial charge in [0, 0.05) is 13.1 Å². The van der Waals surface area contributed by atoms with Gasteiger partial charge in [-0.3, -0.25) is 10.2 Å². The Morgan fingerprint density at radius 3 is 2.40 bits per heavy atom. The largest absolute Gasteiger partial charge is 0.481 e. The summed E-state index contributed by atoms with van der Waals surface area (Å²) in [6.45, 7) is 1.08. The monoisotopic (exact) mass is 144 g/mol. The van der Waals surface area contributed by atoms with Crippen LogP contribution in [-0.4, -0.2) is 11.1 Å². The summed E-state index contributed by atoms with van der Waals surface area (Å²) in [6, 6.07) is 0. The number of carboxylic acids is 1. The van der Waals surface area contributed by atoms with Crippen LogP contribution in [0.25, 0.3) is 0 Å². The summed E-state index contributed by atoms with van der Waals surface area (Å²) in [7, 11) is 0. The number of rotatable bonds is 0. The highest BCUT2D eigenvalue weighted by molar-refractivity contribution is 5.62. The van der Waals surface area contributed by atoms with Crippen molar-refractivity contribution < 1.29 is 9.90 Å². The zero-order chi connectivity index (χ0) is 7.82. The van der Waals surface area contributed by atoms with Gasteiger partial charge in [0.2, 0.25) is 0 Å². The molecule has 0 unspecified atom stereocenters. The summed E-state index contributed by atoms with van der Waals surface area (Å²) in [5.41, 5.74) is 5.00. The van der Waals surface area contributed by atoms with Crippen molar-refractivity contribution in [1.82, 2.24) is 11.0 Å². The molecule has 1 rings (SSSR count). The van der Waals surface area contributed by atoms with Crippen molar-refractivity contribution in [2.45, 2.75) is 6.92 Å². The predicted molar refractivity (Wildman–Crippen MR) is 33.6 cm³/mol. The van der Waals surface area contributed by atoms with E-state index in [9.17, 15) is 0 Å². The molecule has 0 bridgehead atoms. The minimum atomic E-state index is -0.833. The highest BCUT2D eigenvalue weighted by Gasteiger charge is 1.72. The molecule has 0 aromatic rings. The summed E-state index contributed by atoms with van der Waals surface area (Å²) in [6.07, 6.45) is 3.20. The second kappa shape index (κ2) is 5.54. The fourth-order valence-electron chi connectivity index (χ4n) is 0.199. The van der Waals surface area contributed by atoms with Gasteiger partial charge in [0.25, 0.3) is 5.97 Å². The van der Waals surface area contributed by atoms with Crippen LogP contribution in [0.15, 0.2) is 22.7 Å². The first kappa shape index (κ1) is 8.41. The normalized spacial score (nSPS) is 12.1. The Hall–Kier alpha value is -1.59. The molecule has 0 fully saturated rings. The number of nitrogens with zero attached hydrogens (tertiary/aromatic N) is 2. The third-order valence-electron chi connectivity index (χ3n) is 0.397. The summed E-state index contributed by atoms with van der Waals surface area (Å²) in [5.74, 6) is -0.833. The fraction of sp³-hybridized carbons (Fsp3) is 0.250. The van der Waals surface area contributed by atoms with E-state index >= 15 is 0 Å². The minimum absolute atomic E-state index is 0.833. The smallest absolute Gasteiger partial charge is 0.300 e. The molecule has 0 atom stereocenters. The van der Waals surface area contributed by atoms with Crippen molar-refractivity contribution in [3.05, 3.63) is 12.4 Å². The molecule has 56 valence electrons. The van der Waals surface area contributed by atoms with E-state index in [2.05, 4.69) is 21.3 Å². The van der Waals surface area contributed by atoms with Crippen LogP contribution in [0.2, 0.25) is 0 Å². The lowest BCUT2D eigenvalue weighted by atomic mass is 10.9. The van der Waals surface area contributed by atoms with E-state index in [1.807, 2.05) is 0 Å². The van der Waals surface area contributed by atoms with E-state index in [0.29, 0.717) is 0 Å². The minimum Gasteiger partial charge on any atom is -0.481 e. The Bertz CT molecular complexity index is 137. The number of hydrazine groups is 1. The van der Waals surface area contributed by atoms with Crippen LogP contribution in [0.1, 0.15) is 6.92 Å². The van der Waals surface area contributed by atoms with Crippen molar-refractivity contribution >= 4 is 5.97 Å². The molecule has 6 heteroatoms. The molecule has 0 aromatic carbocycles. The van der Waals surface area contributed by atoms with Crippen molar-refractivity contribution in [3.8, 4) is 0 Å². The van der Waals surface area contributed by atoms with Crippen LogP contribution in [0.3, 0.4) is 0 Å². The van der Waals surface area contributed by atoms with Crippen LogP contribution in [-0.2, 0) is 4.79 Å². The third-order valence-corrected chi connectivity index (χ3v) is 0.397. The van der Waals surface area contributed by atoms with Gasteiger partial charge in [0.05, 0.1) is 6.20 Å². The molecule has 10 heavy (non-hydrogen) atoms. The van der Waals surface area contributed by atoms with Gasteiger partial charge in [-0.15, -0.1) is 5.11 Å². The number of carboxylic acid groups (broad SMARTS) is 1. The van der Waals surface area contributed by atoms with E-state index in [1.165, 1.54) is 0 Å². The molecule has 0 saturated carbocycles. The zero-order valence-corrected chi connectivity index (χ0v) is 5.40. The van der Waals surface area contributed by atoms with Crippen molar-refractivity contribution in [2.75, 3.05) is 0 Å². The first-order valence-electron chi connectivity index (χ1n) is 2.48. The topological polar surface area (TPSA) is 86.1 Å². The maximum absolute atomic E-state index is 9.00. The molecule has 3 N–H and O–H groups in total. The Kier molecular flexibility index (Phi) is 4.66. The number of nitrogens with one attached hydrogen (secondary N) is 2. The molecule has 1 heterocycles. The molecule has 1 aliphatic heterocycles. The predicted octanol–water partition coefficient (Wildman–Crippen LogP) is 0.0235. The van der Waals surface area contributed by atoms with Gasteiger partial charge in [-0.1, -0.05) is 5.22 Å². The molecule has 0 aromatic heterocycles. The maximum atomic E-state index is 9.00. The Morgan fingerprint density at radius 1 is 1.70 bits per heavy atom. The Balaban J connectivity index is 0.000000180. The number of hydrogen-bond acceptors (Lipinski definition) is 5. The van der Waals surface area contributed by atoms with Crippen LogP contribution < -0.4 is 11.0 Å². The summed E-state index contributed by atoms with van der Waals surface area (Å²) in [4.78, 5) is 9.00. The lowest BCUT2D eigenvalue weighted by Crippen LogP contribution is -2.21. The summed E-state index contributed by atoms with van der Waals surface area (Å²) < 4.78 is 0. The molecule has 6 nitrogen and oxygen atoms in total. The molecule has 0 radical (unpaired) electrons. The third kappa shape index (κ3) is 9.65. The van der Waals surface area contributed by atoms with E-state index in [4.69, 9.17) is 9.90 Å². The van der Waals surface area contributed by atoms with Crippen LogP contribution >= 0.6 is 0 Å². The zero-order valence-electron chi connectivity index (χ0n) is 5.40. The standard InChI is InChI=1S/C2H4N4.C2H4O2/c1-2-4-6-5-3-1;1-2(3)4/h1-2H,(H,3,6)(H,4,5);1H3,(H,3,4). The van der Waals surface area contributed by atoms with Gasteiger partial charge in [-0.05, 0) is 0 Å². The lowest BCUT2D eigenvalue weighted by Gasteiger charge is -1.96. The fourth-order valence-corrected chi connectivity index (χ4v) is 0.199. The first-order valence-corrected chi connectivity index (χ1v) is 2.48. The van der Waals surface area contributed by atoms with Gasteiger partial charge >= 0.3 is 0 Å². The molecular weight excluding hydrogens is 136 g/mol. The summed E-state index contributed by atoms with van der Waals surface area (Å²) in [5, 5.41) is 14.2. The van der Waals surface area contributed by atoms with Crippen LogP contribution in [0.4, 0.5) is 0 Å². The Labute approximate surface area is 57.6 Å². The molecule has 0 spiro atoms. The van der Waals surface area contributed by atoms with Gasteiger partial charge in [0.15, 0.2) is 0 Å². The molecule has 1 aliphatic rings. The van der Waals surface area contributed by atoms with E-state index in [0.717, 1.165) is 6.92 Å². The van der Waals surface area contributed by atoms with Crippen molar-refractivity contribution in [1.29, 1.82) is 0 Å². The Morgan fingerprint density at radius 2 is 2.30 bits per heavy atom. The lowest BCUT2D eigenvalue weighted by molar-refractivity contribution is -0.134. The van der Waals surface area contributed by atoms with Crippen molar-refractivity contribution in [3.63, 3.8) is 0 Å². The highest BCUT2D eigenvalue weighted by Crippen LogP contribution is 1.74. The maximum Gasteiger partial charge on any atom is 0.300 e. The van der Waals surface area contributed by atoms with Gasteiger partial charge in [0.1, 0.15) is 0 Å². The number of hydrogen-bond donors (Lipinski definition) is 3. The summed E-state index contributed by atoms with van der Waals surface area (Å²) >= 11 is 0. The molecule has 0 amide bonds. The second-order valence-corrected chi connectivity index (χ2v) is 1.31. The van der Waals surface area contributed by atoms with Gasteiger partial charge < -0.3 is 5.11 Å². The number of aliphatic carboxylic acids is 1. The average Bonchev–Trinajstić information content (AvgIpc) is 1.90. The van der Waals surface area contributed by atoms with Crippen LogP contribution in [0, 0.1) is 0 Å². The SMILES string of the molecule is C1=CNNN=N1.CC(=O)O. The van der Waals surface area contributed by atoms with Gasteiger partial charge in [-0.25, -0.2) is 5.53 Å². The second-order valence-electron chi connectivity index (χ2n) is 1.31. The molecule has 0 saturated heterocycles. The average molecular weight is 144 g/mol. The quantitative estimate of drug-likeness (QED) is 0.447. The first-order chi connectivity index (χ1) is 4.73. The van der Waals surface area contributed by atoms with E-state index in [-0.39, 0.29) is 0 Å². The number of carbonyl (C=O) groups is 1. The van der Waals surface area contributed by atoms with Gasteiger partial charge in [-0.2, -0.15) is 0 Å². The van der Waals surface area contributed by atoms with E-state index in [1.54, 1.807) is 12.4 Å². The highest BCUT2D eigenvalue weighted by atomic mass is 16.4. The molecular formula is C4H8N4O2.